The van der Waals surface area contributed by atoms with Gasteiger partial charge in [-0.05, 0) is 27.7 Å². The van der Waals surface area contributed by atoms with E-state index >= 15 is 0 Å². The lowest BCUT2D eigenvalue weighted by atomic mass is 10.1. The largest absolute Gasteiger partial charge is 0.386 e. The van der Waals surface area contributed by atoms with Crippen LogP contribution in [0.25, 0.3) is 0 Å². The number of halogens is 1. The number of amidine groups is 2. The molecule has 4 N–H and O–H groups in total. The predicted molar refractivity (Wildman–Crippen MR) is 88.1 cm³/mol. The monoisotopic (exact) mass is 439 g/mol. The summed E-state index contributed by atoms with van der Waals surface area (Å²) < 4.78 is 16.3. The number of nitrogens with two attached hydrogens (primary N) is 1. The Kier molecular flexibility index (Phi) is 3.89. The Labute approximate surface area is 148 Å². The van der Waals surface area contributed by atoms with Crippen molar-refractivity contribution in [3.8, 4) is 0 Å². The SMILES string of the molecule is NC1=NC(=O)C2N=C(Br)N(C3OC4COP(O)(=S)OC4C3O)C2=N1. The Morgan fingerprint density at radius 1 is 1.46 bits per heavy atom. The maximum absolute atomic E-state index is 11.9. The van der Waals surface area contributed by atoms with Crippen molar-refractivity contribution in [1.82, 2.24) is 4.90 Å². The molecule has 6 atom stereocenters. The molecule has 1 amide bonds. The number of carbonyl (C=O) groups excluding carboxylic acids is 1. The summed E-state index contributed by atoms with van der Waals surface area (Å²) in [6.07, 6.45) is -3.67. The molecule has 130 valence electrons. The Bertz CT molecular complexity index is 760. The number of aliphatic hydroxyl groups is 1. The van der Waals surface area contributed by atoms with Crippen LogP contribution in [0.4, 0.5) is 0 Å². The molecule has 11 nitrogen and oxygen atoms in total. The summed E-state index contributed by atoms with van der Waals surface area (Å²) in [6.45, 7) is -3.43. The Hall–Kier alpha value is -0.790. The van der Waals surface area contributed by atoms with E-state index in [0.717, 1.165) is 0 Å². The van der Waals surface area contributed by atoms with Crippen LogP contribution >= 0.6 is 22.6 Å². The molecule has 4 aliphatic rings. The minimum Gasteiger partial charge on any atom is -0.386 e. The second-order valence-electron chi connectivity index (χ2n) is 5.34. The van der Waals surface area contributed by atoms with E-state index in [0.29, 0.717) is 0 Å². The fourth-order valence-electron chi connectivity index (χ4n) is 2.83. The highest BCUT2D eigenvalue weighted by Crippen LogP contribution is 2.52. The van der Waals surface area contributed by atoms with Crippen molar-refractivity contribution in [3.05, 3.63) is 0 Å². The standard InChI is InChI=1S/C10H11BrN5O6PS/c11-9-13-3-6(14-10(12)15-7(3)18)16(9)8-4(17)5-2(21-8)1-20-23(19,24)22-5/h2-5,8,17H,1H2,(H,19,24)(H2,12,15,18). The third-order valence-corrected chi connectivity index (χ3v) is 5.98. The first kappa shape index (κ1) is 16.7. The van der Waals surface area contributed by atoms with Crippen molar-refractivity contribution < 1.29 is 28.6 Å². The molecule has 0 aromatic rings. The fourth-order valence-corrected chi connectivity index (χ4v) is 4.87. The Morgan fingerprint density at radius 3 is 2.96 bits per heavy atom. The number of nitrogens with zero attached hydrogens (tertiary/aromatic N) is 4. The molecule has 14 heteroatoms. The van der Waals surface area contributed by atoms with Gasteiger partial charge in [0, 0.05) is 0 Å². The van der Waals surface area contributed by atoms with E-state index in [4.69, 9.17) is 31.3 Å². The van der Waals surface area contributed by atoms with Crippen LogP contribution in [-0.4, -0.2) is 74.5 Å². The van der Waals surface area contributed by atoms with Gasteiger partial charge in [-0.2, -0.15) is 9.98 Å². The topological polar surface area (TPSA) is 152 Å². The van der Waals surface area contributed by atoms with Gasteiger partial charge in [0.25, 0.3) is 5.91 Å². The molecule has 6 unspecified atom stereocenters. The van der Waals surface area contributed by atoms with Crippen molar-refractivity contribution in [2.45, 2.75) is 30.6 Å². The molecular weight excluding hydrogens is 429 g/mol. The summed E-state index contributed by atoms with van der Waals surface area (Å²) in [5.74, 6) is -0.581. The maximum atomic E-state index is 11.9. The zero-order chi connectivity index (χ0) is 17.2. The number of aliphatic hydroxyl groups excluding tert-OH is 1. The smallest absolute Gasteiger partial charge is 0.325 e. The molecule has 0 aromatic carbocycles. The van der Waals surface area contributed by atoms with Crippen molar-refractivity contribution in [3.63, 3.8) is 0 Å². The summed E-state index contributed by atoms with van der Waals surface area (Å²) in [5, 5.41) is 10.6. The highest BCUT2D eigenvalue weighted by molar-refractivity contribution is 9.18. The summed E-state index contributed by atoms with van der Waals surface area (Å²) in [6, 6.07) is -0.953. The summed E-state index contributed by atoms with van der Waals surface area (Å²) >= 11 is 8.03. The van der Waals surface area contributed by atoms with Crippen LogP contribution in [0.1, 0.15) is 0 Å². The van der Waals surface area contributed by atoms with Gasteiger partial charge in [0.1, 0.15) is 18.3 Å². The van der Waals surface area contributed by atoms with Gasteiger partial charge in [-0.15, -0.1) is 0 Å². The quantitative estimate of drug-likeness (QED) is 0.323. The van der Waals surface area contributed by atoms with Crippen molar-refractivity contribution in [1.29, 1.82) is 0 Å². The number of carbonyl (C=O) groups is 1. The van der Waals surface area contributed by atoms with Gasteiger partial charge in [-0.3, -0.25) is 14.2 Å². The molecule has 2 saturated heterocycles. The molecule has 4 heterocycles. The number of hydrogen-bond acceptors (Lipinski definition) is 10. The Balaban J connectivity index is 1.65. The zero-order valence-corrected chi connectivity index (χ0v) is 15.0. The lowest BCUT2D eigenvalue weighted by Gasteiger charge is -2.30. The number of ether oxygens (including phenoxy) is 1. The van der Waals surface area contributed by atoms with E-state index in [-0.39, 0.29) is 23.1 Å². The average Bonchev–Trinajstić information content (AvgIpc) is 2.96. The van der Waals surface area contributed by atoms with Crippen LogP contribution in [0.3, 0.4) is 0 Å². The summed E-state index contributed by atoms with van der Waals surface area (Å²) in [5.41, 5.74) is 5.53. The second kappa shape index (κ2) is 5.61. The van der Waals surface area contributed by atoms with Crippen LogP contribution in [0.2, 0.25) is 0 Å². The molecule has 0 spiro atoms. The van der Waals surface area contributed by atoms with Gasteiger partial charge in [-0.25, -0.2) is 4.99 Å². The molecule has 0 aromatic heterocycles. The lowest BCUT2D eigenvalue weighted by molar-refractivity contribution is -0.117. The molecule has 0 saturated carbocycles. The van der Waals surface area contributed by atoms with Crippen molar-refractivity contribution in [2.24, 2.45) is 20.7 Å². The first-order valence-corrected chi connectivity index (χ1v) is 10.1. The third kappa shape index (κ3) is 2.56. The molecule has 4 rings (SSSR count). The molecular formula is C10H11BrN5O6PS. The number of amides is 1. The predicted octanol–water partition coefficient (Wildman–Crippen LogP) is -1.61. The number of guanidine groups is 1. The summed E-state index contributed by atoms with van der Waals surface area (Å²) in [7, 11) is 0. The van der Waals surface area contributed by atoms with Crippen LogP contribution in [0.5, 0.6) is 0 Å². The lowest BCUT2D eigenvalue weighted by Crippen LogP contribution is -2.50. The van der Waals surface area contributed by atoms with Gasteiger partial charge >= 0.3 is 6.72 Å². The number of aliphatic imine (C=N–C) groups is 3. The van der Waals surface area contributed by atoms with E-state index in [1.54, 1.807) is 0 Å². The molecule has 4 aliphatic heterocycles. The van der Waals surface area contributed by atoms with E-state index in [1.807, 2.05) is 0 Å². The number of hydrogen-bond donors (Lipinski definition) is 3. The highest BCUT2D eigenvalue weighted by atomic mass is 79.9. The number of rotatable bonds is 1. The van der Waals surface area contributed by atoms with Crippen molar-refractivity contribution in [2.75, 3.05) is 6.61 Å². The normalized spacial score (nSPS) is 44.6. The minimum atomic E-state index is -3.41. The highest BCUT2D eigenvalue weighted by Gasteiger charge is 2.55. The van der Waals surface area contributed by atoms with Crippen LogP contribution < -0.4 is 5.73 Å². The summed E-state index contributed by atoms with van der Waals surface area (Å²) in [4.78, 5) is 34.8. The number of fused-ring (bicyclic) bond motifs is 2. The van der Waals surface area contributed by atoms with Gasteiger partial charge in [0.05, 0.1) is 6.61 Å². The zero-order valence-electron chi connectivity index (χ0n) is 11.7. The van der Waals surface area contributed by atoms with Crippen LogP contribution in [0.15, 0.2) is 15.0 Å². The van der Waals surface area contributed by atoms with Crippen molar-refractivity contribution >= 4 is 56.9 Å². The second-order valence-corrected chi connectivity index (χ2v) is 8.84. The van der Waals surface area contributed by atoms with E-state index in [9.17, 15) is 14.8 Å². The first-order valence-electron chi connectivity index (χ1n) is 6.75. The Morgan fingerprint density at radius 2 is 2.21 bits per heavy atom. The first-order chi connectivity index (χ1) is 11.3. The molecule has 0 radical (unpaired) electrons. The molecule has 2 fully saturated rings. The van der Waals surface area contributed by atoms with Crippen LogP contribution in [-0.2, 0) is 30.4 Å². The maximum Gasteiger partial charge on any atom is 0.325 e. The van der Waals surface area contributed by atoms with E-state index < -0.39 is 43.2 Å². The van der Waals surface area contributed by atoms with E-state index in [2.05, 4.69) is 30.9 Å². The van der Waals surface area contributed by atoms with Gasteiger partial charge in [-0.1, -0.05) is 0 Å². The van der Waals surface area contributed by atoms with E-state index in [1.165, 1.54) is 4.90 Å². The molecule has 24 heavy (non-hydrogen) atoms. The van der Waals surface area contributed by atoms with Crippen LogP contribution in [0, 0.1) is 0 Å². The average molecular weight is 440 g/mol. The minimum absolute atomic E-state index is 0.0208. The molecule has 0 aliphatic carbocycles. The molecule has 0 bridgehead atoms. The van der Waals surface area contributed by atoms with Gasteiger partial charge in [0.2, 0.25) is 5.96 Å². The van der Waals surface area contributed by atoms with Gasteiger partial charge in [0.15, 0.2) is 22.9 Å². The van der Waals surface area contributed by atoms with Gasteiger partial charge < -0.3 is 25.0 Å². The third-order valence-electron chi connectivity index (χ3n) is 3.83. The fraction of sp³-hybridized carbons (Fsp3) is 0.600.